The summed E-state index contributed by atoms with van der Waals surface area (Å²) in [4.78, 5) is 20.2. The van der Waals surface area contributed by atoms with Gasteiger partial charge >= 0.3 is 7.60 Å². The largest absolute Gasteiger partial charge is 0.425 e. The van der Waals surface area contributed by atoms with Crippen LogP contribution in [0.1, 0.15) is 19.4 Å². The molecule has 5 heteroatoms. The van der Waals surface area contributed by atoms with E-state index in [0.717, 1.165) is 12.2 Å². The first-order valence-electron chi connectivity index (χ1n) is 5.37. The highest BCUT2D eigenvalue weighted by Gasteiger charge is 2.12. The van der Waals surface area contributed by atoms with E-state index in [4.69, 9.17) is 9.42 Å². The lowest BCUT2D eigenvalue weighted by Crippen LogP contribution is -2.09. The van der Waals surface area contributed by atoms with Crippen molar-refractivity contribution in [1.82, 2.24) is 0 Å². The topological polar surface area (TPSA) is 63.6 Å². The maximum Gasteiger partial charge on any atom is 0.373 e. The van der Waals surface area contributed by atoms with Crippen molar-refractivity contribution in [1.29, 1.82) is 0 Å². The normalized spacial score (nSPS) is 16.0. The predicted molar refractivity (Wildman–Crippen MR) is 66.4 cm³/mol. The van der Waals surface area contributed by atoms with Gasteiger partial charge in [0, 0.05) is 12.6 Å². The summed E-state index contributed by atoms with van der Waals surface area (Å²) in [5.74, 6) is 0.494. The molecule has 0 radical (unpaired) electrons. The average Bonchev–Trinajstić information content (AvgIpc) is 2.18. The summed E-state index contributed by atoms with van der Waals surface area (Å²) < 4.78 is 15.9. The van der Waals surface area contributed by atoms with E-state index in [0.29, 0.717) is 12.2 Å². The summed E-state index contributed by atoms with van der Waals surface area (Å²) >= 11 is 0. The second-order valence-electron chi connectivity index (χ2n) is 4.25. The third kappa shape index (κ3) is 5.16. The third-order valence-electron chi connectivity index (χ3n) is 2.43. The Bertz CT molecular complexity index is 432. The highest BCUT2D eigenvalue weighted by molar-refractivity contribution is 7.52. The Morgan fingerprint density at radius 2 is 1.94 bits per heavy atom. The summed E-state index contributed by atoms with van der Waals surface area (Å²) in [6.45, 7) is 4.58. The molecule has 0 bridgehead atoms. The average molecular weight is 256 g/mol. The van der Waals surface area contributed by atoms with Gasteiger partial charge in [0.2, 0.25) is 0 Å². The number of ketones is 1. The van der Waals surface area contributed by atoms with E-state index in [1.165, 1.54) is 0 Å². The maximum atomic E-state index is 11.1. The fourth-order valence-electron chi connectivity index (χ4n) is 1.38. The fourth-order valence-corrected chi connectivity index (χ4v) is 1.89. The molecule has 1 N–H and O–H groups in total. The van der Waals surface area contributed by atoms with Gasteiger partial charge in [0.25, 0.3) is 0 Å². The van der Waals surface area contributed by atoms with Crippen LogP contribution in [0.15, 0.2) is 24.3 Å². The van der Waals surface area contributed by atoms with Crippen molar-refractivity contribution in [3.63, 3.8) is 0 Å². The molecule has 94 valence electrons. The van der Waals surface area contributed by atoms with E-state index in [9.17, 15) is 9.36 Å². The minimum Gasteiger partial charge on any atom is -0.425 e. The molecule has 0 aliphatic heterocycles. The fraction of sp³-hybridized carbons (Fsp3) is 0.417. The van der Waals surface area contributed by atoms with Gasteiger partial charge in [-0.05, 0) is 31.0 Å². The Kier molecular flexibility index (Phi) is 4.49. The van der Waals surface area contributed by atoms with Crippen molar-refractivity contribution >= 4 is 13.4 Å². The maximum absolute atomic E-state index is 11.1. The lowest BCUT2D eigenvalue weighted by molar-refractivity contribution is -0.120. The third-order valence-corrected chi connectivity index (χ3v) is 2.98. The highest BCUT2D eigenvalue weighted by Crippen LogP contribution is 2.37. The van der Waals surface area contributed by atoms with Gasteiger partial charge in [-0.15, -0.1) is 0 Å². The molecule has 0 aliphatic carbocycles. The molecule has 0 fully saturated rings. The molecule has 0 saturated carbocycles. The van der Waals surface area contributed by atoms with Crippen LogP contribution in [0.5, 0.6) is 5.75 Å². The highest BCUT2D eigenvalue weighted by atomic mass is 31.2. The van der Waals surface area contributed by atoms with Crippen LogP contribution in [0.25, 0.3) is 0 Å². The molecule has 1 unspecified atom stereocenters. The van der Waals surface area contributed by atoms with Crippen molar-refractivity contribution in [2.75, 3.05) is 6.66 Å². The van der Waals surface area contributed by atoms with Crippen LogP contribution in [-0.2, 0) is 15.8 Å². The molecule has 0 amide bonds. The molecule has 1 aromatic carbocycles. The number of benzene rings is 1. The number of hydrogen-bond donors (Lipinski definition) is 1. The van der Waals surface area contributed by atoms with Gasteiger partial charge in [0.1, 0.15) is 11.5 Å². The summed E-state index contributed by atoms with van der Waals surface area (Å²) in [5, 5.41) is 0. The van der Waals surface area contributed by atoms with Gasteiger partial charge in [0.05, 0.1) is 0 Å². The second kappa shape index (κ2) is 5.48. The first kappa shape index (κ1) is 13.9. The van der Waals surface area contributed by atoms with Gasteiger partial charge in [0.15, 0.2) is 0 Å². The van der Waals surface area contributed by atoms with Crippen LogP contribution < -0.4 is 4.52 Å². The minimum atomic E-state index is -3.50. The van der Waals surface area contributed by atoms with Gasteiger partial charge in [-0.25, -0.2) is 4.57 Å². The quantitative estimate of drug-likeness (QED) is 0.822. The molecule has 0 spiro atoms. The van der Waals surface area contributed by atoms with Crippen molar-refractivity contribution in [3.8, 4) is 5.75 Å². The molecule has 17 heavy (non-hydrogen) atoms. The standard InChI is InChI=1S/C12H17O4P/c1-9(10(2)13)8-11-4-6-12(7-5-11)16-17(3,14)15/h4-7,9H,8H2,1-3H3,(H,14,15)/t9-/m0/s1. The van der Waals surface area contributed by atoms with E-state index < -0.39 is 7.60 Å². The molecule has 0 aliphatic rings. The molecule has 1 rings (SSSR count). The van der Waals surface area contributed by atoms with E-state index in [1.54, 1.807) is 31.2 Å². The van der Waals surface area contributed by atoms with Gasteiger partial charge in [-0.1, -0.05) is 19.1 Å². The van der Waals surface area contributed by atoms with E-state index in [1.807, 2.05) is 6.92 Å². The Balaban J connectivity index is 2.68. The smallest absolute Gasteiger partial charge is 0.373 e. The van der Waals surface area contributed by atoms with E-state index in [-0.39, 0.29) is 11.7 Å². The molecule has 0 heterocycles. The zero-order chi connectivity index (χ0) is 13.1. The molecular formula is C12H17O4P. The van der Waals surface area contributed by atoms with E-state index in [2.05, 4.69) is 0 Å². The summed E-state index contributed by atoms with van der Waals surface area (Å²) in [5.41, 5.74) is 1.00. The Hall–Kier alpha value is -1.12. The molecule has 1 aromatic rings. The molecule has 4 nitrogen and oxygen atoms in total. The van der Waals surface area contributed by atoms with Crippen LogP contribution >= 0.6 is 7.60 Å². The number of Topliss-reactive ketones (excluding diaryl/α,β-unsaturated/α-hetero) is 1. The van der Waals surface area contributed by atoms with Crippen molar-refractivity contribution in [2.45, 2.75) is 20.3 Å². The number of rotatable bonds is 5. The lowest BCUT2D eigenvalue weighted by atomic mass is 9.98. The van der Waals surface area contributed by atoms with Crippen LogP contribution in [0.4, 0.5) is 0 Å². The molecular weight excluding hydrogens is 239 g/mol. The Morgan fingerprint density at radius 1 is 1.41 bits per heavy atom. The molecule has 0 aromatic heterocycles. The second-order valence-corrected chi connectivity index (χ2v) is 6.04. The van der Waals surface area contributed by atoms with Crippen molar-refractivity contribution in [2.24, 2.45) is 5.92 Å². The van der Waals surface area contributed by atoms with E-state index >= 15 is 0 Å². The molecule has 2 atom stereocenters. The zero-order valence-electron chi connectivity index (χ0n) is 10.2. The summed E-state index contributed by atoms with van der Waals surface area (Å²) in [7, 11) is -3.50. The number of hydrogen-bond acceptors (Lipinski definition) is 3. The monoisotopic (exact) mass is 256 g/mol. The summed E-state index contributed by atoms with van der Waals surface area (Å²) in [6, 6.07) is 6.86. The first-order chi connectivity index (χ1) is 7.78. The minimum absolute atomic E-state index is 0.0168. The van der Waals surface area contributed by atoms with Crippen molar-refractivity contribution in [3.05, 3.63) is 29.8 Å². The number of carbonyl (C=O) groups excluding carboxylic acids is 1. The van der Waals surface area contributed by atoms with Gasteiger partial charge < -0.3 is 9.42 Å². The summed E-state index contributed by atoms with van der Waals surface area (Å²) in [6.07, 6.45) is 0.665. The van der Waals surface area contributed by atoms with Crippen LogP contribution in [0, 0.1) is 5.92 Å². The zero-order valence-corrected chi connectivity index (χ0v) is 11.1. The van der Waals surface area contributed by atoms with Crippen LogP contribution in [0.2, 0.25) is 0 Å². The van der Waals surface area contributed by atoms with Crippen LogP contribution in [0.3, 0.4) is 0 Å². The predicted octanol–water partition coefficient (Wildman–Crippen LogP) is 2.65. The SMILES string of the molecule is CC(=O)[C@@H](C)Cc1ccc(OP(C)(=O)O)cc1. The first-order valence-corrected chi connectivity index (χ1v) is 7.39. The van der Waals surface area contributed by atoms with Crippen LogP contribution in [-0.4, -0.2) is 17.3 Å². The van der Waals surface area contributed by atoms with Crippen molar-refractivity contribution < 1.29 is 18.8 Å². The van der Waals surface area contributed by atoms with Gasteiger partial charge in [-0.2, -0.15) is 0 Å². The Labute approximate surface area is 101 Å². The Morgan fingerprint density at radius 3 is 2.35 bits per heavy atom. The van der Waals surface area contributed by atoms with Gasteiger partial charge in [-0.3, -0.25) is 4.79 Å². The number of carbonyl (C=O) groups is 1. The lowest BCUT2D eigenvalue weighted by Gasteiger charge is -2.10. The molecule has 0 saturated heterocycles.